The highest BCUT2D eigenvalue weighted by molar-refractivity contribution is 7.80. The molecule has 2 rings (SSSR count). The summed E-state index contributed by atoms with van der Waals surface area (Å²) in [5.41, 5.74) is 4.67. The molecule has 26 heavy (non-hydrogen) atoms. The number of hydrogen-bond donors (Lipinski definition) is 3. The van der Waals surface area contributed by atoms with E-state index in [1.165, 1.54) is 36.4 Å². The molecule has 2 aromatic carbocycles. The van der Waals surface area contributed by atoms with Crippen LogP contribution in [-0.4, -0.2) is 22.5 Å². The van der Waals surface area contributed by atoms with E-state index in [9.17, 15) is 19.3 Å². The maximum Gasteiger partial charge on any atom is 0.276 e. The minimum Gasteiger partial charge on any atom is -0.484 e. The normalized spacial score (nSPS) is 9.92. The van der Waals surface area contributed by atoms with Crippen molar-refractivity contribution < 1.29 is 18.8 Å². The van der Waals surface area contributed by atoms with Gasteiger partial charge in [-0.25, -0.2) is 4.39 Å². The molecule has 0 saturated carbocycles. The third-order valence-electron chi connectivity index (χ3n) is 2.89. The highest BCUT2D eigenvalue weighted by Gasteiger charge is 2.11. The highest BCUT2D eigenvalue weighted by Crippen LogP contribution is 2.26. The number of nitrogens with one attached hydrogen (secondary N) is 3. The molecule has 11 heteroatoms. The summed E-state index contributed by atoms with van der Waals surface area (Å²) >= 11 is 10.9. The molecule has 0 saturated heterocycles. The predicted molar refractivity (Wildman–Crippen MR) is 97.5 cm³/mol. The number of carbonyl (C=O) groups is 1. The fourth-order valence-electron chi connectivity index (χ4n) is 1.74. The molecule has 0 heterocycles. The molecule has 0 spiro atoms. The number of nitro benzene ring substituents is 1. The molecule has 0 radical (unpaired) electrons. The molecule has 2 aromatic rings. The molecular formula is C15H12ClFN4O4S. The number of hydrazine groups is 1. The average Bonchev–Trinajstić information content (AvgIpc) is 2.60. The fraction of sp³-hybridized carbons (Fsp3) is 0.0667. The van der Waals surface area contributed by atoms with E-state index in [1.54, 1.807) is 0 Å². The third-order valence-corrected chi connectivity index (χ3v) is 3.42. The number of amides is 1. The number of benzene rings is 2. The van der Waals surface area contributed by atoms with E-state index in [2.05, 4.69) is 16.2 Å². The van der Waals surface area contributed by atoms with E-state index < -0.39 is 16.6 Å². The van der Waals surface area contributed by atoms with Crippen molar-refractivity contribution in [3.05, 3.63) is 63.4 Å². The lowest BCUT2D eigenvalue weighted by molar-refractivity contribution is -0.384. The summed E-state index contributed by atoms with van der Waals surface area (Å²) in [6, 6.07) is 9.12. The smallest absolute Gasteiger partial charge is 0.276 e. The number of rotatable bonds is 5. The highest BCUT2D eigenvalue weighted by atomic mass is 35.5. The van der Waals surface area contributed by atoms with E-state index in [0.717, 1.165) is 6.07 Å². The van der Waals surface area contributed by atoms with E-state index in [1.807, 2.05) is 0 Å². The van der Waals surface area contributed by atoms with Gasteiger partial charge in [0.25, 0.3) is 11.6 Å². The molecule has 0 aliphatic heterocycles. The molecule has 0 aliphatic carbocycles. The maximum atomic E-state index is 13.0. The van der Waals surface area contributed by atoms with Crippen molar-refractivity contribution in [2.24, 2.45) is 0 Å². The van der Waals surface area contributed by atoms with Gasteiger partial charge in [-0.2, -0.15) is 0 Å². The van der Waals surface area contributed by atoms with E-state index >= 15 is 0 Å². The van der Waals surface area contributed by atoms with E-state index in [-0.39, 0.29) is 33.9 Å². The lowest BCUT2D eigenvalue weighted by atomic mass is 10.3. The lowest BCUT2D eigenvalue weighted by Crippen LogP contribution is -2.45. The van der Waals surface area contributed by atoms with Gasteiger partial charge >= 0.3 is 0 Å². The van der Waals surface area contributed by atoms with E-state index in [0.29, 0.717) is 0 Å². The molecule has 0 unspecified atom stereocenters. The quantitative estimate of drug-likeness (QED) is 0.404. The SMILES string of the molecule is O=C(COc1cccc(F)c1)NNC(=S)Nc1cc([N+](=O)[O-])ccc1Cl. The van der Waals surface area contributed by atoms with Gasteiger partial charge < -0.3 is 10.1 Å². The predicted octanol–water partition coefficient (Wildman–Crippen LogP) is 2.78. The van der Waals surface area contributed by atoms with Crippen molar-refractivity contribution in [3.8, 4) is 5.75 Å². The second-order valence-electron chi connectivity index (χ2n) is 4.79. The van der Waals surface area contributed by atoms with Crippen molar-refractivity contribution in [2.75, 3.05) is 11.9 Å². The Labute approximate surface area is 157 Å². The second kappa shape index (κ2) is 8.92. The van der Waals surface area contributed by atoms with Gasteiger partial charge in [-0.1, -0.05) is 17.7 Å². The first-order valence-corrected chi connectivity index (χ1v) is 7.82. The van der Waals surface area contributed by atoms with Crippen LogP contribution in [0.25, 0.3) is 0 Å². The van der Waals surface area contributed by atoms with Gasteiger partial charge in [-0.05, 0) is 30.4 Å². The van der Waals surface area contributed by atoms with Crippen LogP contribution in [0.1, 0.15) is 0 Å². The number of non-ortho nitro benzene ring substituents is 1. The molecule has 8 nitrogen and oxygen atoms in total. The average molecular weight is 399 g/mol. The topological polar surface area (TPSA) is 106 Å². The number of ether oxygens (including phenoxy) is 1. The van der Waals surface area contributed by atoms with Crippen LogP contribution in [-0.2, 0) is 4.79 Å². The zero-order valence-corrected chi connectivity index (χ0v) is 14.6. The van der Waals surface area contributed by atoms with Gasteiger partial charge in [0.2, 0.25) is 0 Å². The van der Waals surface area contributed by atoms with Gasteiger partial charge in [0.15, 0.2) is 11.7 Å². The van der Waals surface area contributed by atoms with Crippen LogP contribution in [0.3, 0.4) is 0 Å². The van der Waals surface area contributed by atoms with Crippen molar-refractivity contribution in [1.29, 1.82) is 0 Å². The van der Waals surface area contributed by atoms with Crippen LogP contribution >= 0.6 is 23.8 Å². The molecule has 0 aromatic heterocycles. The summed E-state index contributed by atoms with van der Waals surface area (Å²) in [5.74, 6) is -0.868. The summed E-state index contributed by atoms with van der Waals surface area (Å²) in [5, 5.41) is 13.5. The van der Waals surface area contributed by atoms with Crippen molar-refractivity contribution in [3.63, 3.8) is 0 Å². The van der Waals surface area contributed by atoms with Crippen molar-refractivity contribution in [2.45, 2.75) is 0 Å². The van der Waals surface area contributed by atoms with Crippen molar-refractivity contribution >= 4 is 46.2 Å². The van der Waals surface area contributed by atoms with Crippen LogP contribution in [0.4, 0.5) is 15.8 Å². The zero-order valence-electron chi connectivity index (χ0n) is 13.0. The molecule has 0 fully saturated rings. The van der Waals surface area contributed by atoms with Crippen LogP contribution in [0.5, 0.6) is 5.75 Å². The Morgan fingerprint density at radius 3 is 2.73 bits per heavy atom. The number of hydrogen-bond acceptors (Lipinski definition) is 5. The standard InChI is InChI=1S/C15H12ClFN4O4S/c16-12-5-4-10(21(23)24)7-13(12)18-15(26)20-19-14(22)8-25-11-3-1-2-9(17)6-11/h1-7H,8H2,(H,19,22)(H2,18,20,26). The summed E-state index contributed by atoms with van der Waals surface area (Å²) in [7, 11) is 0. The zero-order chi connectivity index (χ0) is 19.1. The summed E-state index contributed by atoms with van der Waals surface area (Å²) in [4.78, 5) is 21.9. The summed E-state index contributed by atoms with van der Waals surface area (Å²) in [6.45, 7) is -0.378. The van der Waals surface area contributed by atoms with Gasteiger partial charge in [0.1, 0.15) is 11.6 Å². The Balaban J connectivity index is 1.82. The first kappa shape index (κ1) is 19.3. The Morgan fingerprint density at radius 1 is 1.27 bits per heavy atom. The number of halogens is 2. The van der Waals surface area contributed by atoms with Gasteiger partial charge in [0, 0.05) is 18.2 Å². The number of thiocarbonyl (C=S) groups is 1. The number of carbonyl (C=O) groups excluding carboxylic acids is 1. The van der Waals surface area contributed by atoms with E-state index in [4.69, 9.17) is 28.6 Å². The number of anilines is 1. The van der Waals surface area contributed by atoms with Crippen LogP contribution in [0.15, 0.2) is 42.5 Å². The summed E-state index contributed by atoms with van der Waals surface area (Å²) < 4.78 is 18.1. The van der Waals surface area contributed by atoms with Gasteiger partial charge in [-0.3, -0.25) is 25.8 Å². The maximum absolute atomic E-state index is 13.0. The van der Waals surface area contributed by atoms with Gasteiger partial charge in [0.05, 0.1) is 15.6 Å². The molecule has 0 atom stereocenters. The Hall–Kier alpha value is -2.98. The molecule has 0 bridgehead atoms. The minimum absolute atomic E-state index is 0.0495. The Bertz CT molecular complexity index is 852. The monoisotopic (exact) mass is 398 g/mol. The van der Waals surface area contributed by atoms with Crippen LogP contribution in [0.2, 0.25) is 5.02 Å². The Morgan fingerprint density at radius 2 is 2.04 bits per heavy atom. The minimum atomic E-state index is -0.580. The van der Waals surface area contributed by atoms with Crippen LogP contribution < -0.4 is 20.9 Å². The Kier molecular flexibility index (Phi) is 6.64. The van der Waals surface area contributed by atoms with Crippen LogP contribution in [0, 0.1) is 15.9 Å². The molecule has 136 valence electrons. The van der Waals surface area contributed by atoms with Gasteiger partial charge in [-0.15, -0.1) is 0 Å². The third kappa shape index (κ3) is 5.83. The fourth-order valence-corrected chi connectivity index (χ4v) is 2.07. The molecule has 3 N–H and O–H groups in total. The number of nitro groups is 1. The molecule has 1 amide bonds. The summed E-state index contributed by atoms with van der Waals surface area (Å²) in [6.07, 6.45) is 0. The first-order chi connectivity index (χ1) is 12.3. The largest absolute Gasteiger partial charge is 0.484 e. The second-order valence-corrected chi connectivity index (χ2v) is 5.61. The number of nitrogens with zero attached hydrogens (tertiary/aromatic N) is 1. The molecular weight excluding hydrogens is 387 g/mol. The molecule has 0 aliphatic rings. The van der Waals surface area contributed by atoms with Crippen molar-refractivity contribution in [1.82, 2.24) is 10.9 Å². The lowest BCUT2D eigenvalue weighted by Gasteiger charge is -2.13. The first-order valence-electron chi connectivity index (χ1n) is 7.03.